The Hall–Kier alpha value is -0.990. The van der Waals surface area contributed by atoms with Gasteiger partial charge in [0.25, 0.3) is 0 Å². The number of carbonyl (C=O) groups is 1. The largest absolute Gasteiger partial charge is 0.497 e. The Morgan fingerprint density at radius 2 is 2.18 bits per heavy atom. The van der Waals surface area contributed by atoms with E-state index in [9.17, 15) is 4.79 Å². The molecule has 0 fully saturated rings. The fourth-order valence-corrected chi connectivity index (χ4v) is 1.08. The normalized spacial score (nSPS) is 30.5. The van der Waals surface area contributed by atoms with E-state index in [0.29, 0.717) is 0 Å². The average Bonchev–Trinajstić information content (AvgIpc) is 2.18. The standard InChI is InChI=1S/C8H12O3/c1-5-6(2)11-4-8(5,3)7(9)10/h4H2,1-3H3,(H,9,10). The molecule has 0 spiro atoms. The number of allylic oxidation sites excluding steroid dienone is 1. The molecule has 1 unspecified atom stereocenters. The van der Waals surface area contributed by atoms with E-state index in [1.807, 2.05) is 0 Å². The number of ether oxygens (including phenoxy) is 1. The van der Waals surface area contributed by atoms with Gasteiger partial charge in [-0.3, -0.25) is 4.79 Å². The van der Waals surface area contributed by atoms with Crippen molar-refractivity contribution >= 4 is 5.97 Å². The van der Waals surface area contributed by atoms with Gasteiger partial charge in [0.2, 0.25) is 0 Å². The molecular weight excluding hydrogens is 144 g/mol. The molecule has 1 rings (SSSR count). The molecule has 62 valence electrons. The molecule has 0 amide bonds. The van der Waals surface area contributed by atoms with E-state index in [4.69, 9.17) is 9.84 Å². The van der Waals surface area contributed by atoms with Crippen LogP contribution < -0.4 is 0 Å². The minimum atomic E-state index is -0.813. The highest BCUT2D eigenvalue weighted by molar-refractivity contribution is 5.79. The second-order valence-electron chi connectivity index (χ2n) is 3.11. The number of hydrogen-bond acceptors (Lipinski definition) is 2. The van der Waals surface area contributed by atoms with Crippen molar-refractivity contribution < 1.29 is 14.6 Å². The van der Waals surface area contributed by atoms with Crippen molar-refractivity contribution in [2.75, 3.05) is 6.61 Å². The van der Waals surface area contributed by atoms with E-state index in [-0.39, 0.29) is 6.61 Å². The number of carboxylic acid groups (broad SMARTS) is 1. The summed E-state index contributed by atoms with van der Waals surface area (Å²) in [5, 5.41) is 8.85. The fourth-order valence-electron chi connectivity index (χ4n) is 1.08. The van der Waals surface area contributed by atoms with Gasteiger partial charge in [-0.15, -0.1) is 0 Å². The number of carboxylic acids is 1. The number of aliphatic carboxylic acids is 1. The molecule has 3 heteroatoms. The maximum absolute atomic E-state index is 10.8. The third-order valence-corrected chi connectivity index (χ3v) is 2.41. The minimum Gasteiger partial charge on any atom is -0.497 e. The van der Waals surface area contributed by atoms with Crippen LogP contribution in [-0.4, -0.2) is 17.7 Å². The van der Waals surface area contributed by atoms with E-state index in [1.54, 1.807) is 20.8 Å². The first-order chi connectivity index (χ1) is 4.98. The van der Waals surface area contributed by atoms with E-state index < -0.39 is 11.4 Å². The number of rotatable bonds is 1. The summed E-state index contributed by atoms with van der Waals surface area (Å²) >= 11 is 0. The lowest BCUT2D eigenvalue weighted by molar-refractivity contribution is -0.146. The van der Waals surface area contributed by atoms with Crippen molar-refractivity contribution in [1.82, 2.24) is 0 Å². The summed E-state index contributed by atoms with van der Waals surface area (Å²) in [7, 11) is 0. The molecule has 1 N–H and O–H groups in total. The monoisotopic (exact) mass is 156 g/mol. The third-order valence-electron chi connectivity index (χ3n) is 2.41. The molecule has 1 atom stereocenters. The molecule has 1 aliphatic rings. The Morgan fingerprint density at radius 1 is 1.64 bits per heavy atom. The molecule has 1 heterocycles. The lowest BCUT2D eigenvalue weighted by atomic mass is 9.85. The van der Waals surface area contributed by atoms with Crippen molar-refractivity contribution in [3.8, 4) is 0 Å². The highest BCUT2D eigenvalue weighted by atomic mass is 16.5. The van der Waals surface area contributed by atoms with Crippen molar-refractivity contribution in [2.45, 2.75) is 20.8 Å². The van der Waals surface area contributed by atoms with Crippen LogP contribution in [0.4, 0.5) is 0 Å². The van der Waals surface area contributed by atoms with Gasteiger partial charge in [0.15, 0.2) is 0 Å². The summed E-state index contributed by atoms with van der Waals surface area (Å²) in [6, 6.07) is 0. The van der Waals surface area contributed by atoms with Crippen LogP contribution in [-0.2, 0) is 9.53 Å². The van der Waals surface area contributed by atoms with E-state index >= 15 is 0 Å². The zero-order valence-electron chi connectivity index (χ0n) is 6.97. The van der Waals surface area contributed by atoms with Gasteiger partial charge in [-0.25, -0.2) is 0 Å². The molecule has 1 aliphatic heterocycles. The molecule has 0 saturated carbocycles. The van der Waals surface area contributed by atoms with Gasteiger partial charge in [0, 0.05) is 0 Å². The molecule has 0 aliphatic carbocycles. The molecule has 3 nitrogen and oxygen atoms in total. The first-order valence-corrected chi connectivity index (χ1v) is 3.52. The van der Waals surface area contributed by atoms with Crippen LogP contribution in [0.1, 0.15) is 20.8 Å². The SMILES string of the molecule is CC1=C(C)C(C)(C(=O)O)CO1. The van der Waals surface area contributed by atoms with Gasteiger partial charge in [0.05, 0.1) is 5.76 Å². The van der Waals surface area contributed by atoms with Gasteiger partial charge in [0.1, 0.15) is 12.0 Å². The Balaban J connectivity index is 3.01. The molecule has 11 heavy (non-hydrogen) atoms. The summed E-state index contributed by atoms with van der Waals surface area (Å²) in [4.78, 5) is 10.8. The highest BCUT2D eigenvalue weighted by Crippen LogP contribution is 2.36. The van der Waals surface area contributed by atoms with Crippen molar-refractivity contribution in [3.05, 3.63) is 11.3 Å². The second kappa shape index (κ2) is 2.26. The summed E-state index contributed by atoms with van der Waals surface area (Å²) < 4.78 is 5.14. The van der Waals surface area contributed by atoms with Gasteiger partial charge in [-0.2, -0.15) is 0 Å². The van der Waals surface area contributed by atoms with Crippen molar-refractivity contribution in [1.29, 1.82) is 0 Å². The maximum Gasteiger partial charge on any atom is 0.317 e. The lowest BCUT2D eigenvalue weighted by Gasteiger charge is -2.16. The summed E-state index contributed by atoms with van der Waals surface area (Å²) in [6.45, 7) is 5.54. The van der Waals surface area contributed by atoms with E-state index in [2.05, 4.69) is 0 Å². The van der Waals surface area contributed by atoms with Crippen LogP contribution >= 0.6 is 0 Å². The molecule has 0 aromatic rings. The highest BCUT2D eigenvalue weighted by Gasteiger charge is 2.41. The molecule has 0 aromatic heterocycles. The van der Waals surface area contributed by atoms with Crippen LogP contribution in [0.3, 0.4) is 0 Å². The van der Waals surface area contributed by atoms with Crippen LogP contribution in [0.5, 0.6) is 0 Å². The summed E-state index contributed by atoms with van der Waals surface area (Å²) in [5.41, 5.74) is 0.0226. The van der Waals surface area contributed by atoms with Gasteiger partial charge in [-0.05, 0) is 26.3 Å². The average molecular weight is 156 g/mol. The van der Waals surface area contributed by atoms with Gasteiger partial charge < -0.3 is 9.84 Å². The Bertz CT molecular complexity index is 229. The van der Waals surface area contributed by atoms with Crippen LogP contribution in [0.15, 0.2) is 11.3 Å². The molecule has 0 aromatic carbocycles. The third kappa shape index (κ3) is 1.00. The zero-order chi connectivity index (χ0) is 8.65. The summed E-state index contributed by atoms with van der Waals surface area (Å²) in [5.74, 6) is -0.0678. The molecule has 0 bridgehead atoms. The Morgan fingerprint density at radius 3 is 2.36 bits per heavy atom. The van der Waals surface area contributed by atoms with E-state index in [1.165, 1.54) is 0 Å². The quantitative estimate of drug-likeness (QED) is 0.624. The Labute approximate surface area is 65.7 Å². The predicted octanol–water partition coefficient (Wildman–Crippen LogP) is 1.40. The Kier molecular flexibility index (Phi) is 1.66. The second-order valence-corrected chi connectivity index (χ2v) is 3.11. The minimum absolute atomic E-state index is 0.264. The molecule has 0 saturated heterocycles. The molecule has 0 radical (unpaired) electrons. The number of hydrogen-bond donors (Lipinski definition) is 1. The van der Waals surface area contributed by atoms with Crippen molar-refractivity contribution in [2.24, 2.45) is 5.41 Å². The van der Waals surface area contributed by atoms with Crippen molar-refractivity contribution in [3.63, 3.8) is 0 Å². The predicted molar refractivity (Wildman–Crippen MR) is 40.1 cm³/mol. The summed E-state index contributed by atoms with van der Waals surface area (Å²) in [6.07, 6.45) is 0. The first kappa shape index (κ1) is 8.11. The van der Waals surface area contributed by atoms with Crippen LogP contribution in [0.25, 0.3) is 0 Å². The van der Waals surface area contributed by atoms with E-state index in [0.717, 1.165) is 11.3 Å². The van der Waals surface area contributed by atoms with Gasteiger partial charge >= 0.3 is 5.97 Å². The maximum atomic E-state index is 10.8. The fraction of sp³-hybridized carbons (Fsp3) is 0.625. The van der Waals surface area contributed by atoms with Crippen LogP contribution in [0.2, 0.25) is 0 Å². The topological polar surface area (TPSA) is 46.5 Å². The smallest absolute Gasteiger partial charge is 0.317 e. The first-order valence-electron chi connectivity index (χ1n) is 3.52. The van der Waals surface area contributed by atoms with Crippen LogP contribution in [0, 0.1) is 5.41 Å². The molecular formula is C8H12O3. The zero-order valence-corrected chi connectivity index (χ0v) is 6.97. The lowest BCUT2D eigenvalue weighted by Crippen LogP contribution is -2.29. The van der Waals surface area contributed by atoms with Gasteiger partial charge in [-0.1, -0.05) is 0 Å².